The summed E-state index contributed by atoms with van der Waals surface area (Å²) in [4.78, 5) is 17.5. The molecule has 2 atom stereocenters. The van der Waals surface area contributed by atoms with Crippen LogP contribution in [-0.4, -0.2) is 72.4 Å². The highest BCUT2D eigenvalue weighted by molar-refractivity contribution is 5.80. The van der Waals surface area contributed by atoms with Gasteiger partial charge in [-0.1, -0.05) is 6.92 Å². The average molecular weight is 463 g/mol. The van der Waals surface area contributed by atoms with E-state index in [1.807, 2.05) is 18.2 Å². The van der Waals surface area contributed by atoms with Crippen LogP contribution >= 0.6 is 0 Å². The first-order valence-corrected chi connectivity index (χ1v) is 11.0. The van der Waals surface area contributed by atoms with Crippen LogP contribution < -0.4 is 14.8 Å². The lowest BCUT2D eigenvalue weighted by molar-refractivity contribution is 0.0792. The summed E-state index contributed by atoms with van der Waals surface area (Å²) in [6.07, 6.45) is 5.75. The predicted molar refractivity (Wildman–Crippen MR) is 124 cm³/mol. The lowest BCUT2D eigenvalue weighted by Crippen LogP contribution is -2.20. The fraction of sp³-hybridized carbons (Fsp3) is 0.348. The Balaban J connectivity index is 1.31. The van der Waals surface area contributed by atoms with Crippen molar-refractivity contribution in [2.24, 2.45) is 0 Å². The number of aliphatic hydroxyl groups is 2. The van der Waals surface area contributed by atoms with Gasteiger partial charge in [0.1, 0.15) is 25.4 Å². The third-order valence-corrected chi connectivity index (χ3v) is 5.62. The highest BCUT2D eigenvalue weighted by Gasteiger charge is 2.21. The monoisotopic (exact) mass is 463 g/mol. The van der Waals surface area contributed by atoms with E-state index in [9.17, 15) is 5.11 Å². The van der Waals surface area contributed by atoms with Crippen LogP contribution in [0, 0.1) is 0 Å². The normalized spacial score (nSPS) is 14.7. The second kappa shape index (κ2) is 9.57. The number of hydrogen-bond acceptors (Lipinski definition) is 10. The summed E-state index contributed by atoms with van der Waals surface area (Å²) in [5.41, 5.74) is 3.21. The zero-order valence-electron chi connectivity index (χ0n) is 18.6. The highest BCUT2D eigenvalue weighted by atomic mass is 16.6. The van der Waals surface area contributed by atoms with Gasteiger partial charge in [-0.15, -0.1) is 0 Å². The molecule has 0 aliphatic carbocycles. The number of fused-ring (bicyclic) bond motifs is 2. The zero-order valence-corrected chi connectivity index (χ0v) is 18.6. The van der Waals surface area contributed by atoms with Crippen LogP contribution in [0.3, 0.4) is 0 Å². The molecule has 0 saturated carbocycles. The van der Waals surface area contributed by atoms with E-state index in [1.165, 1.54) is 6.33 Å². The Morgan fingerprint density at radius 3 is 2.88 bits per heavy atom. The highest BCUT2D eigenvalue weighted by Crippen LogP contribution is 2.35. The standard InChI is InChI=1S/C23H25N7O4/c1-14(18-2-3-24-23-21(18)33-4-5-34-23)8-25-20-7-19(27-13-28-20)15-6-16-10-29-30(11-17(32)12-31)22(16)26-9-15/h2-3,6-7,9-10,13-14,17,31-32H,4-5,8,11-12H2,1H3,(H,25,27,28)/t14-,17-/m1/s1. The number of pyridine rings is 2. The molecule has 0 spiro atoms. The number of nitrogens with zero attached hydrogens (tertiary/aromatic N) is 6. The SMILES string of the molecule is C[C@H](CNc1cc(-c2cnc3c(cnn3C[C@@H](O)CO)c2)ncn1)c1ccnc2c1OCCO2. The molecule has 0 saturated heterocycles. The second-order valence-electron chi connectivity index (χ2n) is 8.10. The summed E-state index contributed by atoms with van der Waals surface area (Å²) >= 11 is 0. The maximum Gasteiger partial charge on any atom is 0.257 e. The van der Waals surface area contributed by atoms with Gasteiger partial charge in [0, 0.05) is 47.4 Å². The fourth-order valence-corrected chi connectivity index (χ4v) is 3.84. The van der Waals surface area contributed by atoms with Crippen LogP contribution in [0.2, 0.25) is 0 Å². The molecule has 0 radical (unpaired) electrons. The van der Waals surface area contributed by atoms with Gasteiger partial charge in [-0.05, 0) is 12.1 Å². The molecule has 11 heteroatoms. The molecule has 11 nitrogen and oxygen atoms in total. The van der Waals surface area contributed by atoms with Crippen molar-refractivity contribution in [3.8, 4) is 22.9 Å². The fourth-order valence-electron chi connectivity index (χ4n) is 3.84. The molecule has 0 fully saturated rings. The third-order valence-electron chi connectivity index (χ3n) is 5.62. The third kappa shape index (κ3) is 4.47. The quantitative estimate of drug-likeness (QED) is 0.353. The van der Waals surface area contributed by atoms with Gasteiger partial charge in [-0.3, -0.25) is 0 Å². The van der Waals surface area contributed by atoms with E-state index in [4.69, 9.17) is 14.6 Å². The van der Waals surface area contributed by atoms with Crippen LogP contribution in [0.4, 0.5) is 5.82 Å². The van der Waals surface area contributed by atoms with Crippen molar-refractivity contribution < 1.29 is 19.7 Å². The number of aromatic nitrogens is 6. The van der Waals surface area contributed by atoms with Crippen LogP contribution in [0.15, 0.2) is 43.1 Å². The molecular formula is C23H25N7O4. The predicted octanol–water partition coefficient (Wildman–Crippen LogP) is 1.62. The Morgan fingerprint density at radius 2 is 2.00 bits per heavy atom. The molecular weight excluding hydrogens is 438 g/mol. The number of rotatable bonds is 8. The Morgan fingerprint density at radius 1 is 1.12 bits per heavy atom. The molecule has 0 aromatic carbocycles. The minimum Gasteiger partial charge on any atom is -0.484 e. The zero-order chi connectivity index (χ0) is 23.5. The molecule has 0 bridgehead atoms. The van der Waals surface area contributed by atoms with E-state index >= 15 is 0 Å². The molecule has 3 N–H and O–H groups in total. The van der Waals surface area contributed by atoms with Crippen molar-refractivity contribution >= 4 is 16.9 Å². The summed E-state index contributed by atoms with van der Waals surface area (Å²) in [5, 5.41) is 27.2. The molecule has 1 aliphatic heterocycles. The van der Waals surface area contributed by atoms with Crippen molar-refractivity contribution in [2.45, 2.75) is 25.5 Å². The van der Waals surface area contributed by atoms with Crippen molar-refractivity contribution in [3.63, 3.8) is 0 Å². The van der Waals surface area contributed by atoms with E-state index in [2.05, 4.69) is 37.3 Å². The second-order valence-corrected chi connectivity index (χ2v) is 8.10. The summed E-state index contributed by atoms with van der Waals surface area (Å²) in [7, 11) is 0. The van der Waals surface area contributed by atoms with Gasteiger partial charge >= 0.3 is 0 Å². The van der Waals surface area contributed by atoms with Crippen LogP contribution in [-0.2, 0) is 6.54 Å². The molecule has 4 aromatic heterocycles. The van der Waals surface area contributed by atoms with Crippen LogP contribution in [0.1, 0.15) is 18.4 Å². The first kappa shape index (κ1) is 22.0. The number of ether oxygens (including phenoxy) is 2. The largest absolute Gasteiger partial charge is 0.484 e. The van der Waals surface area contributed by atoms with Crippen molar-refractivity contribution in [3.05, 3.63) is 48.7 Å². The van der Waals surface area contributed by atoms with Gasteiger partial charge in [0.2, 0.25) is 0 Å². The minimum atomic E-state index is -0.890. The number of hydrogen-bond donors (Lipinski definition) is 3. The Hall–Kier alpha value is -3.83. The van der Waals surface area contributed by atoms with E-state index in [1.54, 1.807) is 23.3 Å². The molecule has 0 unspecified atom stereocenters. The Bertz CT molecular complexity index is 1300. The first-order valence-electron chi connectivity index (χ1n) is 11.0. The smallest absolute Gasteiger partial charge is 0.257 e. The summed E-state index contributed by atoms with van der Waals surface area (Å²) in [6, 6.07) is 5.76. The number of nitrogens with one attached hydrogen (secondary N) is 1. The maximum atomic E-state index is 9.69. The maximum absolute atomic E-state index is 9.69. The van der Waals surface area contributed by atoms with Gasteiger partial charge < -0.3 is 25.0 Å². The number of anilines is 1. The number of aliphatic hydroxyl groups excluding tert-OH is 2. The minimum absolute atomic E-state index is 0.134. The Labute approximate surface area is 195 Å². The summed E-state index contributed by atoms with van der Waals surface area (Å²) in [6.45, 7) is 3.59. The molecule has 0 amide bonds. The van der Waals surface area contributed by atoms with E-state index < -0.39 is 6.10 Å². The first-order chi connectivity index (χ1) is 16.6. The van der Waals surface area contributed by atoms with Crippen LogP contribution in [0.5, 0.6) is 11.6 Å². The average Bonchev–Trinajstić information content (AvgIpc) is 3.28. The van der Waals surface area contributed by atoms with E-state index in [-0.39, 0.29) is 19.1 Å². The molecule has 4 aromatic rings. The molecule has 5 heterocycles. The lowest BCUT2D eigenvalue weighted by Gasteiger charge is -2.22. The molecule has 1 aliphatic rings. The van der Waals surface area contributed by atoms with Crippen LogP contribution in [0.25, 0.3) is 22.3 Å². The molecule has 34 heavy (non-hydrogen) atoms. The van der Waals surface area contributed by atoms with Gasteiger partial charge in [0.15, 0.2) is 11.4 Å². The van der Waals surface area contributed by atoms with Gasteiger partial charge in [0.05, 0.1) is 31.1 Å². The Kier molecular flexibility index (Phi) is 6.19. The van der Waals surface area contributed by atoms with E-state index in [0.29, 0.717) is 42.9 Å². The van der Waals surface area contributed by atoms with Gasteiger partial charge in [0.25, 0.3) is 5.88 Å². The lowest BCUT2D eigenvalue weighted by atomic mass is 10.0. The van der Waals surface area contributed by atoms with Crippen molar-refractivity contribution in [1.29, 1.82) is 0 Å². The van der Waals surface area contributed by atoms with E-state index in [0.717, 1.165) is 22.2 Å². The molecule has 5 rings (SSSR count). The van der Waals surface area contributed by atoms with Crippen molar-refractivity contribution in [1.82, 2.24) is 29.7 Å². The van der Waals surface area contributed by atoms with Gasteiger partial charge in [-0.2, -0.15) is 5.10 Å². The summed E-state index contributed by atoms with van der Waals surface area (Å²) < 4.78 is 12.9. The topological polar surface area (TPSA) is 140 Å². The summed E-state index contributed by atoms with van der Waals surface area (Å²) in [5.74, 6) is 2.07. The molecule has 176 valence electrons. The van der Waals surface area contributed by atoms with Gasteiger partial charge in [-0.25, -0.2) is 24.6 Å². The van der Waals surface area contributed by atoms with Crippen molar-refractivity contribution in [2.75, 3.05) is 31.7 Å².